The number of pyridine rings is 1. The number of fused-ring (bicyclic) bond motifs is 1. The Kier molecular flexibility index (Phi) is 4.59. The molecule has 1 saturated heterocycles. The van der Waals surface area contributed by atoms with E-state index in [0.29, 0.717) is 25.1 Å². The quantitative estimate of drug-likeness (QED) is 0.782. The molecule has 1 aromatic heterocycles. The molecule has 27 heavy (non-hydrogen) atoms. The van der Waals surface area contributed by atoms with Gasteiger partial charge in [0.05, 0.1) is 11.1 Å². The van der Waals surface area contributed by atoms with Crippen molar-refractivity contribution in [2.24, 2.45) is 0 Å². The second kappa shape index (κ2) is 7.19. The molecule has 136 valence electrons. The highest BCUT2D eigenvalue weighted by Gasteiger charge is 2.34. The first-order valence-electron chi connectivity index (χ1n) is 9.12. The molecule has 0 saturated carbocycles. The van der Waals surface area contributed by atoms with E-state index in [1.807, 2.05) is 67.6 Å². The molecule has 0 spiro atoms. The van der Waals surface area contributed by atoms with Crippen LogP contribution in [0.15, 0.2) is 60.7 Å². The molecule has 1 aliphatic rings. The Morgan fingerprint density at radius 1 is 1.15 bits per heavy atom. The number of benzene rings is 2. The molecule has 1 N–H and O–H groups in total. The van der Waals surface area contributed by atoms with Crippen LogP contribution in [0.5, 0.6) is 0 Å². The van der Waals surface area contributed by atoms with Crippen molar-refractivity contribution < 1.29 is 9.59 Å². The van der Waals surface area contributed by atoms with Crippen LogP contribution in [-0.4, -0.2) is 40.8 Å². The van der Waals surface area contributed by atoms with Crippen LogP contribution in [-0.2, 0) is 11.2 Å². The second-order valence-corrected chi connectivity index (χ2v) is 6.82. The number of carbonyl (C=O) groups excluding carboxylic acids is 2. The zero-order chi connectivity index (χ0) is 18.8. The van der Waals surface area contributed by atoms with Gasteiger partial charge in [-0.1, -0.05) is 48.5 Å². The van der Waals surface area contributed by atoms with E-state index in [0.717, 1.165) is 22.2 Å². The van der Waals surface area contributed by atoms with Gasteiger partial charge >= 0.3 is 0 Å². The number of aromatic nitrogens is 1. The number of rotatable bonds is 3. The molecule has 1 atom stereocenters. The van der Waals surface area contributed by atoms with Gasteiger partial charge in [0.2, 0.25) is 5.91 Å². The highest BCUT2D eigenvalue weighted by Crippen LogP contribution is 2.22. The maximum atomic E-state index is 13.4. The number of hydrogen-bond donors (Lipinski definition) is 1. The van der Waals surface area contributed by atoms with E-state index in [1.54, 1.807) is 4.90 Å². The standard InChI is InChI=1S/C22H21N3O2/c1-15-13-18(17-9-5-6-10-19(17)24-15)22(27)25-12-11-23-21(26)20(25)14-16-7-3-2-4-8-16/h2-10,13,20H,11-12,14H2,1H3,(H,23,26)/t20-/m1/s1. The van der Waals surface area contributed by atoms with Crippen molar-refractivity contribution in [1.29, 1.82) is 0 Å². The minimum atomic E-state index is -0.513. The van der Waals surface area contributed by atoms with Crippen molar-refractivity contribution in [1.82, 2.24) is 15.2 Å². The van der Waals surface area contributed by atoms with Crippen LogP contribution < -0.4 is 5.32 Å². The lowest BCUT2D eigenvalue weighted by Crippen LogP contribution is -2.58. The Hall–Kier alpha value is -3.21. The largest absolute Gasteiger partial charge is 0.353 e. The Balaban J connectivity index is 1.72. The highest BCUT2D eigenvalue weighted by atomic mass is 16.2. The van der Waals surface area contributed by atoms with E-state index in [1.165, 1.54) is 0 Å². The average Bonchev–Trinajstić information content (AvgIpc) is 2.69. The molecule has 4 rings (SSSR count). The zero-order valence-corrected chi connectivity index (χ0v) is 15.2. The van der Waals surface area contributed by atoms with Crippen LogP contribution in [0.2, 0.25) is 0 Å². The van der Waals surface area contributed by atoms with Crippen molar-refractivity contribution >= 4 is 22.7 Å². The predicted molar refractivity (Wildman–Crippen MR) is 104 cm³/mol. The van der Waals surface area contributed by atoms with E-state index in [-0.39, 0.29) is 11.8 Å². The summed E-state index contributed by atoms with van der Waals surface area (Å²) in [5, 5.41) is 3.71. The van der Waals surface area contributed by atoms with E-state index < -0.39 is 6.04 Å². The number of carbonyl (C=O) groups is 2. The molecule has 2 heterocycles. The van der Waals surface area contributed by atoms with Gasteiger partial charge in [-0.3, -0.25) is 14.6 Å². The van der Waals surface area contributed by atoms with Crippen LogP contribution >= 0.6 is 0 Å². The lowest BCUT2D eigenvalue weighted by Gasteiger charge is -2.35. The first-order valence-corrected chi connectivity index (χ1v) is 9.12. The first-order chi connectivity index (χ1) is 13.1. The van der Waals surface area contributed by atoms with Crippen molar-refractivity contribution in [2.45, 2.75) is 19.4 Å². The lowest BCUT2D eigenvalue weighted by atomic mass is 10.00. The van der Waals surface area contributed by atoms with Crippen molar-refractivity contribution in [3.63, 3.8) is 0 Å². The van der Waals surface area contributed by atoms with Gasteiger partial charge in [0, 0.05) is 30.6 Å². The Bertz CT molecular complexity index is 1000. The Morgan fingerprint density at radius 2 is 1.89 bits per heavy atom. The fourth-order valence-corrected chi connectivity index (χ4v) is 3.64. The molecule has 2 aromatic carbocycles. The molecule has 5 heteroatoms. The highest BCUT2D eigenvalue weighted by molar-refractivity contribution is 6.07. The van der Waals surface area contributed by atoms with Gasteiger partial charge < -0.3 is 10.2 Å². The van der Waals surface area contributed by atoms with Gasteiger partial charge in [-0.15, -0.1) is 0 Å². The fraction of sp³-hybridized carbons (Fsp3) is 0.227. The van der Waals surface area contributed by atoms with E-state index >= 15 is 0 Å². The van der Waals surface area contributed by atoms with Gasteiger partial charge in [0.15, 0.2) is 0 Å². The molecule has 1 aliphatic heterocycles. The third-order valence-corrected chi connectivity index (χ3v) is 4.94. The van der Waals surface area contributed by atoms with Gasteiger partial charge in [-0.2, -0.15) is 0 Å². The number of piperazine rings is 1. The summed E-state index contributed by atoms with van der Waals surface area (Å²) in [6.45, 7) is 2.85. The number of nitrogens with one attached hydrogen (secondary N) is 1. The minimum Gasteiger partial charge on any atom is -0.353 e. The van der Waals surface area contributed by atoms with Crippen LogP contribution in [0, 0.1) is 6.92 Å². The summed E-state index contributed by atoms with van der Waals surface area (Å²) < 4.78 is 0. The number of amides is 2. The third kappa shape index (κ3) is 3.40. The SMILES string of the molecule is Cc1cc(C(=O)N2CCNC(=O)[C@H]2Cc2ccccc2)c2ccccc2n1. The zero-order valence-electron chi connectivity index (χ0n) is 15.2. The van der Waals surface area contributed by atoms with Crippen LogP contribution in [0.3, 0.4) is 0 Å². The summed E-state index contributed by atoms with van der Waals surface area (Å²) in [5.41, 5.74) is 3.22. The number of aryl methyl sites for hydroxylation is 1. The summed E-state index contributed by atoms with van der Waals surface area (Å²) >= 11 is 0. The van der Waals surface area contributed by atoms with Crippen molar-refractivity contribution in [3.05, 3.63) is 77.5 Å². The maximum absolute atomic E-state index is 13.4. The summed E-state index contributed by atoms with van der Waals surface area (Å²) in [5.74, 6) is -0.221. The molecular weight excluding hydrogens is 338 g/mol. The normalized spacial score (nSPS) is 17.0. The second-order valence-electron chi connectivity index (χ2n) is 6.82. The Morgan fingerprint density at radius 3 is 2.70 bits per heavy atom. The van der Waals surface area contributed by atoms with Crippen molar-refractivity contribution in [2.75, 3.05) is 13.1 Å². The maximum Gasteiger partial charge on any atom is 0.255 e. The predicted octanol–water partition coefficient (Wildman–Crippen LogP) is 2.73. The average molecular weight is 359 g/mol. The summed E-state index contributed by atoms with van der Waals surface area (Å²) in [6.07, 6.45) is 0.500. The molecule has 0 unspecified atom stereocenters. The van der Waals surface area contributed by atoms with E-state index in [2.05, 4.69) is 10.3 Å². The topological polar surface area (TPSA) is 62.3 Å². The molecule has 0 aliphatic carbocycles. The third-order valence-electron chi connectivity index (χ3n) is 4.94. The smallest absolute Gasteiger partial charge is 0.255 e. The monoisotopic (exact) mass is 359 g/mol. The van der Waals surface area contributed by atoms with Crippen LogP contribution in [0.25, 0.3) is 10.9 Å². The van der Waals surface area contributed by atoms with Crippen molar-refractivity contribution in [3.8, 4) is 0 Å². The van der Waals surface area contributed by atoms with E-state index in [9.17, 15) is 9.59 Å². The Labute approximate surface area is 158 Å². The summed E-state index contributed by atoms with van der Waals surface area (Å²) in [4.78, 5) is 32.2. The van der Waals surface area contributed by atoms with E-state index in [4.69, 9.17) is 0 Å². The summed E-state index contributed by atoms with van der Waals surface area (Å²) in [6, 6.07) is 18.7. The van der Waals surface area contributed by atoms with Gasteiger partial charge in [-0.05, 0) is 24.6 Å². The van der Waals surface area contributed by atoms with Gasteiger partial charge in [-0.25, -0.2) is 0 Å². The lowest BCUT2D eigenvalue weighted by molar-refractivity contribution is -0.127. The number of hydrogen-bond acceptors (Lipinski definition) is 3. The molecule has 1 fully saturated rings. The molecule has 3 aromatic rings. The van der Waals surface area contributed by atoms with Crippen LogP contribution in [0.4, 0.5) is 0 Å². The molecule has 0 bridgehead atoms. The molecule has 2 amide bonds. The number of para-hydroxylation sites is 1. The number of nitrogens with zero attached hydrogens (tertiary/aromatic N) is 2. The van der Waals surface area contributed by atoms with Gasteiger partial charge in [0.25, 0.3) is 5.91 Å². The molecular formula is C22H21N3O2. The summed E-state index contributed by atoms with van der Waals surface area (Å²) in [7, 11) is 0. The fourth-order valence-electron chi connectivity index (χ4n) is 3.64. The molecule has 5 nitrogen and oxygen atoms in total. The van der Waals surface area contributed by atoms with Gasteiger partial charge in [0.1, 0.15) is 6.04 Å². The van der Waals surface area contributed by atoms with Crippen LogP contribution in [0.1, 0.15) is 21.6 Å². The molecule has 0 radical (unpaired) electrons. The minimum absolute atomic E-state index is 0.103. The first kappa shape index (κ1) is 17.2.